The molecule has 0 aliphatic rings. The summed E-state index contributed by atoms with van der Waals surface area (Å²) in [4.78, 5) is 1.30. The standard InChI is InChI=1S/C6H9NS2/c1-3-8-6-4-5(2)9-7-6/h4H,3H2,1-2H3. The van der Waals surface area contributed by atoms with Crippen LogP contribution in [0, 0.1) is 6.92 Å². The third-order valence-electron chi connectivity index (χ3n) is 0.899. The van der Waals surface area contributed by atoms with Crippen LogP contribution < -0.4 is 0 Å². The molecule has 50 valence electrons. The van der Waals surface area contributed by atoms with Crippen LogP contribution in [-0.4, -0.2) is 10.1 Å². The second-order valence-electron chi connectivity index (χ2n) is 1.71. The second-order valence-corrected chi connectivity index (χ2v) is 4.00. The van der Waals surface area contributed by atoms with Crippen molar-refractivity contribution in [3.8, 4) is 0 Å². The molecule has 1 aromatic rings. The number of hydrogen-bond acceptors (Lipinski definition) is 3. The van der Waals surface area contributed by atoms with E-state index in [1.807, 2.05) is 0 Å². The van der Waals surface area contributed by atoms with Crippen molar-refractivity contribution in [2.75, 3.05) is 5.75 Å². The van der Waals surface area contributed by atoms with Crippen molar-refractivity contribution in [3.63, 3.8) is 0 Å². The van der Waals surface area contributed by atoms with E-state index in [0.29, 0.717) is 0 Å². The summed E-state index contributed by atoms with van der Waals surface area (Å²) in [7, 11) is 0. The maximum Gasteiger partial charge on any atom is 0.110 e. The first-order valence-corrected chi connectivity index (χ1v) is 4.65. The molecule has 0 amide bonds. The van der Waals surface area contributed by atoms with Gasteiger partial charge in [0.05, 0.1) is 0 Å². The Morgan fingerprint density at radius 3 is 3.00 bits per heavy atom. The van der Waals surface area contributed by atoms with Crippen molar-refractivity contribution in [2.45, 2.75) is 18.9 Å². The van der Waals surface area contributed by atoms with Crippen LogP contribution in [0.2, 0.25) is 0 Å². The molecule has 9 heavy (non-hydrogen) atoms. The van der Waals surface area contributed by atoms with Gasteiger partial charge in [0.15, 0.2) is 0 Å². The smallest absolute Gasteiger partial charge is 0.110 e. The first kappa shape index (κ1) is 7.09. The van der Waals surface area contributed by atoms with Gasteiger partial charge < -0.3 is 0 Å². The molecular weight excluding hydrogens is 150 g/mol. The fourth-order valence-electron chi connectivity index (χ4n) is 0.559. The van der Waals surface area contributed by atoms with E-state index < -0.39 is 0 Å². The van der Waals surface area contributed by atoms with E-state index in [4.69, 9.17) is 0 Å². The van der Waals surface area contributed by atoms with Gasteiger partial charge in [0.25, 0.3) is 0 Å². The van der Waals surface area contributed by atoms with E-state index in [1.54, 1.807) is 23.3 Å². The van der Waals surface area contributed by atoms with Crippen LogP contribution in [-0.2, 0) is 0 Å². The molecule has 3 heteroatoms. The third kappa shape index (κ3) is 1.99. The summed E-state index contributed by atoms with van der Waals surface area (Å²) >= 11 is 3.37. The van der Waals surface area contributed by atoms with Gasteiger partial charge in [-0.3, -0.25) is 0 Å². The molecule has 0 atom stereocenters. The Hall–Kier alpha value is -0.0200. The fourth-order valence-corrected chi connectivity index (χ4v) is 1.96. The lowest BCUT2D eigenvalue weighted by Gasteiger charge is -1.84. The Labute approximate surface area is 63.7 Å². The molecule has 0 unspecified atom stereocenters. The summed E-state index contributed by atoms with van der Waals surface area (Å²) in [5, 5.41) is 1.17. The highest BCUT2D eigenvalue weighted by atomic mass is 32.2. The van der Waals surface area contributed by atoms with Gasteiger partial charge in [-0.2, -0.15) is 4.37 Å². The summed E-state index contributed by atoms with van der Waals surface area (Å²) in [6.07, 6.45) is 0. The quantitative estimate of drug-likeness (QED) is 0.615. The molecule has 0 bridgehead atoms. The minimum Gasteiger partial charge on any atom is -0.186 e. The molecule has 0 radical (unpaired) electrons. The van der Waals surface area contributed by atoms with E-state index in [9.17, 15) is 0 Å². The van der Waals surface area contributed by atoms with Gasteiger partial charge in [-0.15, -0.1) is 11.8 Å². The molecule has 0 fully saturated rings. The zero-order valence-corrected chi connectivity index (χ0v) is 7.18. The van der Waals surface area contributed by atoms with Gasteiger partial charge in [-0.25, -0.2) is 0 Å². The summed E-state index contributed by atoms with van der Waals surface area (Å²) in [5.74, 6) is 1.11. The molecule has 0 aromatic carbocycles. The highest BCUT2D eigenvalue weighted by Gasteiger charge is 1.94. The molecule has 0 saturated carbocycles. The Balaban J connectivity index is 2.61. The van der Waals surface area contributed by atoms with Crippen molar-refractivity contribution in [1.29, 1.82) is 0 Å². The predicted octanol–water partition coefficient (Wildman–Crippen LogP) is 2.56. The molecule has 1 nitrogen and oxygen atoms in total. The minimum atomic E-state index is 1.11. The maximum atomic E-state index is 4.21. The lowest BCUT2D eigenvalue weighted by Crippen LogP contribution is -1.67. The Kier molecular flexibility index (Phi) is 2.54. The zero-order chi connectivity index (χ0) is 6.69. The second kappa shape index (κ2) is 3.22. The van der Waals surface area contributed by atoms with Gasteiger partial charge >= 0.3 is 0 Å². The van der Waals surface area contributed by atoms with Crippen LogP contribution in [0.4, 0.5) is 0 Å². The number of thioether (sulfide) groups is 1. The summed E-state index contributed by atoms with van der Waals surface area (Å²) < 4.78 is 4.21. The lowest BCUT2D eigenvalue weighted by atomic mass is 10.6. The summed E-state index contributed by atoms with van der Waals surface area (Å²) in [6, 6.07) is 2.12. The van der Waals surface area contributed by atoms with Gasteiger partial charge in [-0.1, -0.05) is 6.92 Å². The molecule has 0 spiro atoms. The topological polar surface area (TPSA) is 12.9 Å². The number of hydrogen-bond donors (Lipinski definition) is 0. The summed E-state index contributed by atoms with van der Waals surface area (Å²) in [5.41, 5.74) is 0. The van der Waals surface area contributed by atoms with Crippen LogP contribution in [0.5, 0.6) is 0 Å². The first-order valence-electron chi connectivity index (χ1n) is 2.89. The predicted molar refractivity (Wildman–Crippen MR) is 43.2 cm³/mol. The van der Waals surface area contributed by atoms with Crippen molar-refractivity contribution in [2.24, 2.45) is 0 Å². The van der Waals surface area contributed by atoms with E-state index in [0.717, 1.165) is 5.75 Å². The zero-order valence-electron chi connectivity index (χ0n) is 5.55. The molecular formula is C6H9NS2. The van der Waals surface area contributed by atoms with E-state index in [2.05, 4.69) is 24.3 Å². The van der Waals surface area contributed by atoms with E-state index >= 15 is 0 Å². The van der Waals surface area contributed by atoms with E-state index in [1.165, 1.54) is 9.90 Å². The Morgan fingerprint density at radius 1 is 1.78 bits per heavy atom. The minimum absolute atomic E-state index is 1.11. The monoisotopic (exact) mass is 159 g/mol. The molecule has 0 aliphatic carbocycles. The van der Waals surface area contributed by atoms with Gasteiger partial charge in [-0.05, 0) is 30.3 Å². The number of aromatic nitrogens is 1. The maximum absolute atomic E-state index is 4.21. The summed E-state index contributed by atoms with van der Waals surface area (Å²) in [6.45, 7) is 4.22. The average molecular weight is 159 g/mol. The third-order valence-corrected chi connectivity index (χ3v) is 2.50. The Morgan fingerprint density at radius 2 is 2.56 bits per heavy atom. The normalized spacial score (nSPS) is 10.0. The number of rotatable bonds is 2. The molecule has 0 aliphatic heterocycles. The number of nitrogens with zero attached hydrogens (tertiary/aromatic N) is 1. The molecule has 1 rings (SSSR count). The SMILES string of the molecule is CCSc1cc(C)sn1. The van der Waals surface area contributed by atoms with Gasteiger partial charge in [0.1, 0.15) is 5.03 Å². The van der Waals surface area contributed by atoms with Crippen molar-refractivity contribution >= 4 is 23.3 Å². The van der Waals surface area contributed by atoms with Crippen LogP contribution in [0.3, 0.4) is 0 Å². The molecule has 1 aromatic heterocycles. The van der Waals surface area contributed by atoms with Crippen LogP contribution >= 0.6 is 23.3 Å². The lowest BCUT2D eigenvalue weighted by molar-refractivity contribution is 1.27. The molecule has 1 heterocycles. The first-order chi connectivity index (χ1) is 4.33. The van der Waals surface area contributed by atoms with Gasteiger partial charge in [0.2, 0.25) is 0 Å². The van der Waals surface area contributed by atoms with Crippen LogP contribution in [0.1, 0.15) is 11.8 Å². The molecule has 0 saturated heterocycles. The van der Waals surface area contributed by atoms with Crippen LogP contribution in [0.15, 0.2) is 11.1 Å². The highest BCUT2D eigenvalue weighted by molar-refractivity contribution is 7.99. The largest absolute Gasteiger partial charge is 0.186 e. The van der Waals surface area contributed by atoms with Crippen molar-refractivity contribution in [1.82, 2.24) is 4.37 Å². The Bertz CT molecular complexity index is 183. The fraction of sp³-hybridized carbons (Fsp3) is 0.500. The highest BCUT2D eigenvalue weighted by Crippen LogP contribution is 2.19. The van der Waals surface area contributed by atoms with E-state index in [-0.39, 0.29) is 0 Å². The van der Waals surface area contributed by atoms with Crippen molar-refractivity contribution in [3.05, 3.63) is 10.9 Å². The van der Waals surface area contributed by atoms with Crippen LogP contribution in [0.25, 0.3) is 0 Å². The average Bonchev–Trinajstić information content (AvgIpc) is 2.17. The number of aryl methyl sites for hydroxylation is 1. The van der Waals surface area contributed by atoms with Gasteiger partial charge in [0, 0.05) is 4.88 Å². The molecule has 0 N–H and O–H groups in total. The van der Waals surface area contributed by atoms with Crippen molar-refractivity contribution < 1.29 is 0 Å².